The molecule has 1 aromatic rings. The fourth-order valence-electron chi connectivity index (χ4n) is 1.70. The molecule has 2 heterocycles. The van der Waals surface area contributed by atoms with Crippen LogP contribution in [0.15, 0.2) is 11.4 Å². The Bertz CT molecular complexity index is 497. The lowest BCUT2D eigenvalue weighted by molar-refractivity contribution is -0.134. The topological polar surface area (TPSA) is 95.5 Å². The lowest BCUT2D eigenvalue weighted by Gasteiger charge is -2.21. The van der Waals surface area contributed by atoms with E-state index < -0.39 is 12.0 Å². The second-order valence-electron chi connectivity index (χ2n) is 3.99. The normalized spacial score (nSPS) is 19.7. The number of carboxylic acids is 1. The smallest absolute Gasteiger partial charge is 0.336 e. The Kier molecular flexibility index (Phi) is 3.73. The van der Waals surface area contributed by atoms with Gasteiger partial charge in [0.1, 0.15) is 0 Å². The Hall–Kier alpha value is -1.73. The first kappa shape index (κ1) is 12.7. The van der Waals surface area contributed by atoms with Gasteiger partial charge in [-0.2, -0.15) is 0 Å². The maximum atomic E-state index is 11.5. The van der Waals surface area contributed by atoms with Crippen molar-refractivity contribution in [3.05, 3.63) is 21.9 Å². The van der Waals surface area contributed by atoms with E-state index in [1.54, 1.807) is 11.4 Å². The number of amides is 2. The minimum Gasteiger partial charge on any atom is -0.478 e. The van der Waals surface area contributed by atoms with Crippen molar-refractivity contribution >= 4 is 29.1 Å². The lowest BCUT2D eigenvalue weighted by Crippen LogP contribution is -2.50. The van der Waals surface area contributed by atoms with E-state index in [0.717, 1.165) is 4.88 Å². The Morgan fingerprint density at radius 1 is 1.56 bits per heavy atom. The quantitative estimate of drug-likeness (QED) is 0.684. The van der Waals surface area contributed by atoms with Crippen molar-refractivity contribution in [1.82, 2.24) is 10.6 Å². The standard InChI is InChI=1S/C11H12N2O4S/c14-9-2-1-8(10(15)13-9)12-4-7-3-6(5-18-7)11(16)17/h3,5,8,12H,1-2,4H2,(H,16,17)(H,13,14,15). The number of aromatic carboxylic acids is 1. The van der Waals surface area contributed by atoms with Gasteiger partial charge in [-0.05, 0) is 12.5 Å². The molecule has 1 fully saturated rings. The number of thiophene rings is 1. The van der Waals surface area contributed by atoms with Gasteiger partial charge in [-0.1, -0.05) is 0 Å². The van der Waals surface area contributed by atoms with Crippen LogP contribution in [-0.2, 0) is 16.1 Å². The minimum atomic E-state index is -0.960. The van der Waals surface area contributed by atoms with Crippen LogP contribution < -0.4 is 10.6 Å². The molecule has 2 rings (SSSR count). The van der Waals surface area contributed by atoms with Gasteiger partial charge in [0.15, 0.2) is 0 Å². The molecule has 0 spiro atoms. The number of carbonyl (C=O) groups is 3. The van der Waals surface area contributed by atoms with Crippen molar-refractivity contribution in [3.63, 3.8) is 0 Å². The van der Waals surface area contributed by atoms with Crippen molar-refractivity contribution in [1.29, 1.82) is 0 Å². The Morgan fingerprint density at radius 3 is 2.94 bits per heavy atom. The third-order valence-corrected chi connectivity index (χ3v) is 3.60. The maximum absolute atomic E-state index is 11.5. The van der Waals surface area contributed by atoms with Gasteiger partial charge >= 0.3 is 5.97 Å². The summed E-state index contributed by atoms with van der Waals surface area (Å²) in [6, 6.07) is 1.18. The summed E-state index contributed by atoms with van der Waals surface area (Å²) >= 11 is 1.33. The second-order valence-corrected chi connectivity index (χ2v) is 4.99. The van der Waals surface area contributed by atoms with Crippen molar-refractivity contribution < 1.29 is 19.5 Å². The van der Waals surface area contributed by atoms with E-state index in [9.17, 15) is 14.4 Å². The van der Waals surface area contributed by atoms with Crippen LogP contribution in [0.2, 0.25) is 0 Å². The van der Waals surface area contributed by atoms with Gasteiger partial charge in [-0.15, -0.1) is 11.3 Å². The van der Waals surface area contributed by atoms with Gasteiger partial charge < -0.3 is 10.4 Å². The summed E-state index contributed by atoms with van der Waals surface area (Å²) in [5.41, 5.74) is 0.250. The first-order valence-electron chi connectivity index (χ1n) is 5.44. The van der Waals surface area contributed by atoms with E-state index >= 15 is 0 Å². The average Bonchev–Trinajstić information content (AvgIpc) is 2.76. The number of imide groups is 1. The molecular weight excluding hydrogens is 256 g/mol. The lowest BCUT2D eigenvalue weighted by atomic mass is 10.1. The summed E-state index contributed by atoms with van der Waals surface area (Å²) < 4.78 is 0. The summed E-state index contributed by atoms with van der Waals surface area (Å²) in [5, 5.41) is 15.6. The van der Waals surface area contributed by atoms with E-state index in [2.05, 4.69) is 10.6 Å². The highest BCUT2D eigenvalue weighted by Crippen LogP contribution is 2.15. The average molecular weight is 268 g/mol. The number of hydrogen-bond donors (Lipinski definition) is 3. The molecule has 3 N–H and O–H groups in total. The molecule has 0 aliphatic carbocycles. The predicted octanol–water partition coefficient (Wildman–Crippen LogP) is 0.341. The van der Waals surface area contributed by atoms with E-state index in [1.165, 1.54) is 11.3 Å². The van der Waals surface area contributed by atoms with Crippen molar-refractivity contribution in [2.24, 2.45) is 0 Å². The number of rotatable bonds is 4. The molecule has 1 atom stereocenters. The molecule has 1 unspecified atom stereocenters. The predicted molar refractivity (Wildman–Crippen MR) is 64.3 cm³/mol. The summed E-state index contributed by atoms with van der Waals surface area (Å²) in [6.07, 6.45) is 0.802. The fraction of sp³-hybridized carbons (Fsp3) is 0.364. The van der Waals surface area contributed by atoms with Crippen LogP contribution in [0.5, 0.6) is 0 Å². The molecule has 0 bridgehead atoms. The van der Waals surface area contributed by atoms with Crippen molar-refractivity contribution in [3.8, 4) is 0 Å². The van der Waals surface area contributed by atoms with Gasteiger partial charge in [0.2, 0.25) is 11.8 Å². The highest BCUT2D eigenvalue weighted by Gasteiger charge is 2.25. The van der Waals surface area contributed by atoms with Crippen LogP contribution in [0.25, 0.3) is 0 Å². The van der Waals surface area contributed by atoms with Gasteiger partial charge in [0, 0.05) is 23.2 Å². The van der Waals surface area contributed by atoms with E-state index in [1.807, 2.05) is 0 Å². The van der Waals surface area contributed by atoms with Crippen molar-refractivity contribution in [2.75, 3.05) is 0 Å². The van der Waals surface area contributed by atoms with Crippen molar-refractivity contribution in [2.45, 2.75) is 25.4 Å². The highest BCUT2D eigenvalue weighted by atomic mass is 32.1. The monoisotopic (exact) mass is 268 g/mol. The molecule has 2 amide bonds. The third-order valence-electron chi connectivity index (χ3n) is 2.66. The van der Waals surface area contributed by atoms with Crippen LogP contribution in [0.4, 0.5) is 0 Å². The third kappa shape index (κ3) is 2.93. The summed E-state index contributed by atoms with van der Waals surface area (Å²) in [5.74, 6) is -1.53. The van der Waals surface area contributed by atoms with E-state index in [-0.39, 0.29) is 17.4 Å². The van der Waals surface area contributed by atoms with E-state index in [0.29, 0.717) is 19.4 Å². The number of nitrogens with one attached hydrogen (secondary N) is 2. The number of carbonyl (C=O) groups excluding carboxylic acids is 2. The molecular formula is C11H12N2O4S. The fourth-order valence-corrected chi connectivity index (χ4v) is 2.51. The van der Waals surface area contributed by atoms with Gasteiger partial charge in [-0.3, -0.25) is 14.9 Å². The van der Waals surface area contributed by atoms with Crippen LogP contribution in [0.3, 0.4) is 0 Å². The maximum Gasteiger partial charge on any atom is 0.336 e. The largest absolute Gasteiger partial charge is 0.478 e. The zero-order chi connectivity index (χ0) is 13.1. The minimum absolute atomic E-state index is 0.248. The molecule has 1 aliphatic heterocycles. The molecule has 0 radical (unpaired) electrons. The molecule has 1 saturated heterocycles. The zero-order valence-corrected chi connectivity index (χ0v) is 10.3. The van der Waals surface area contributed by atoms with Crippen LogP contribution in [0.1, 0.15) is 28.1 Å². The number of hydrogen-bond acceptors (Lipinski definition) is 5. The highest BCUT2D eigenvalue weighted by molar-refractivity contribution is 7.10. The van der Waals surface area contributed by atoms with Gasteiger partial charge in [-0.25, -0.2) is 4.79 Å². The molecule has 6 nitrogen and oxygen atoms in total. The molecule has 18 heavy (non-hydrogen) atoms. The Labute approximate surface area is 107 Å². The zero-order valence-electron chi connectivity index (χ0n) is 9.43. The van der Waals surface area contributed by atoms with Crippen LogP contribution in [0, 0.1) is 0 Å². The van der Waals surface area contributed by atoms with E-state index in [4.69, 9.17) is 5.11 Å². The Morgan fingerprint density at radius 2 is 2.33 bits per heavy atom. The Balaban J connectivity index is 1.89. The summed E-state index contributed by atoms with van der Waals surface area (Å²) in [4.78, 5) is 33.9. The van der Waals surface area contributed by atoms with Crippen LogP contribution >= 0.6 is 11.3 Å². The number of piperidine rings is 1. The van der Waals surface area contributed by atoms with Gasteiger partial charge in [0.05, 0.1) is 11.6 Å². The molecule has 1 aliphatic rings. The SMILES string of the molecule is O=C1CCC(NCc2cc(C(=O)O)cs2)C(=O)N1. The summed E-state index contributed by atoms with van der Waals surface area (Å²) in [6.45, 7) is 0.421. The summed E-state index contributed by atoms with van der Waals surface area (Å²) in [7, 11) is 0. The molecule has 0 aromatic carbocycles. The van der Waals surface area contributed by atoms with Crippen LogP contribution in [-0.4, -0.2) is 28.9 Å². The first-order chi connectivity index (χ1) is 8.56. The first-order valence-corrected chi connectivity index (χ1v) is 6.32. The molecule has 0 saturated carbocycles. The molecule has 1 aromatic heterocycles. The van der Waals surface area contributed by atoms with Gasteiger partial charge in [0.25, 0.3) is 0 Å². The molecule has 96 valence electrons. The second kappa shape index (κ2) is 5.28. The number of carboxylic acid groups (broad SMARTS) is 1. The molecule has 7 heteroatoms.